The van der Waals surface area contributed by atoms with Crippen molar-refractivity contribution in [3.05, 3.63) is 29.8 Å². The van der Waals surface area contributed by atoms with Crippen LogP contribution in [0.3, 0.4) is 0 Å². The first kappa shape index (κ1) is 30.8. The van der Waals surface area contributed by atoms with E-state index in [0.717, 1.165) is 38.9 Å². The lowest BCUT2D eigenvalue weighted by molar-refractivity contribution is -0.138. The van der Waals surface area contributed by atoms with E-state index in [1.807, 2.05) is 13.8 Å². The summed E-state index contributed by atoms with van der Waals surface area (Å²) in [6.45, 7) is 8.39. The third kappa shape index (κ3) is 8.92. The number of likely N-dealkylation sites (tertiary alicyclic amines) is 1. The Kier molecular flexibility index (Phi) is 11.4. The highest BCUT2D eigenvalue weighted by atomic mass is 16.5. The zero-order valence-corrected chi connectivity index (χ0v) is 24.7. The summed E-state index contributed by atoms with van der Waals surface area (Å²) in [6.07, 6.45) is 7.61. The number of carbonyl (C=O) groups excluding carboxylic acids is 4. The van der Waals surface area contributed by atoms with Gasteiger partial charge in [-0.1, -0.05) is 38.8 Å². The van der Waals surface area contributed by atoms with Gasteiger partial charge in [-0.15, -0.1) is 0 Å². The first-order chi connectivity index (χ1) is 19.8. The first-order valence-corrected chi connectivity index (χ1v) is 15.4. The van der Waals surface area contributed by atoms with Gasteiger partial charge in [0, 0.05) is 13.1 Å². The summed E-state index contributed by atoms with van der Waals surface area (Å²) < 4.78 is 6.10. The largest absolute Gasteiger partial charge is 0.491 e. The zero-order valence-electron chi connectivity index (χ0n) is 24.7. The van der Waals surface area contributed by atoms with Crippen molar-refractivity contribution >= 4 is 23.6 Å². The minimum atomic E-state index is -1.09. The normalized spacial score (nSPS) is 24.8. The van der Waals surface area contributed by atoms with Gasteiger partial charge in [0.2, 0.25) is 17.7 Å². The molecule has 4 amide bonds. The highest BCUT2D eigenvalue weighted by Crippen LogP contribution is 2.24. The molecule has 2 fully saturated rings. The molecule has 3 aliphatic rings. The van der Waals surface area contributed by atoms with E-state index in [2.05, 4.69) is 20.9 Å². The van der Waals surface area contributed by atoms with Crippen LogP contribution in [0, 0.1) is 5.92 Å². The number of carbonyl (C=O) groups is 4. The van der Waals surface area contributed by atoms with Crippen LogP contribution in [-0.4, -0.2) is 90.9 Å². The molecule has 0 aliphatic carbocycles. The van der Waals surface area contributed by atoms with Gasteiger partial charge in [-0.25, -0.2) is 0 Å². The summed E-state index contributed by atoms with van der Waals surface area (Å²) in [6, 6.07) is 4.94. The summed E-state index contributed by atoms with van der Waals surface area (Å²) in [7, 11) is 0. The lowest BCUT2D eigenvalue weighted by Gasteiger charge is -2.31. The van der Waals surface area contributed by atoms with Gasteiger partial charge in [0.05, 0.1) is 18.0 Å². The van der Waals surface area contributed by atoms with Gasteiger partial charge in [0.25, 0.3) is 5.91 Å². The van der Waals surface area contributed by atoms with Gasteiger partial charge in [0.1, 0.15) is 24.4 Å². The fourth-order valence-corrected chi connectivity index (χ4v) is 6.04. The second kappa shape index (κ2) is 15.2. The van der Waals surface area contributed by atoms with E-state index in [1.54, 1.807) is 29.2 Å². The highest BCUT2D eigenvalue weighted by molar-refractivity contribution is 6.01. The lowest BCUT2D eigenvalue weighted by atomic mass is 10.0. The molecule has 0 saturated carbocycles. The van der Waals surface area contributed by atoms with E-state index in [4.69, 9.17) is 4.74 Å². The highest BCUT2D eigenvalue weighted by Gasteiger charge is 2.36. The molecule has 41 heavy (non-hydrogen) atoms. The van der Waals surface area contributed by atoms with Crippen molar-refractivity contribution in [2.24, 2.45) is 5.92 Å². The summed E-state index contributed by atoms with van der Waals surface area (Å²) >= 11 is 0. The lowest BCUT2D eigenvalue weighted by Crippen LogP contribution is -2.54. The van der Waals surface area contributed by atoms with E-state index in [9.17, 15) is 19.2 Å². The summed E-state index contributed by atoms with van der Waals surface area (Å²) in [5, 5.41) is 8.58. The second-order valence-corrected chi connectivity index (χ2v) is 12.0. The van der Waals surface area contributed by atoms with Crippen molar-refractivity contribution in [2.45, 2.75) is 89.8 Å². The molecule has 0 spiro atoms. The third-order valence-electron chi connectivity index (χ3n) is 8.22. The number of nitrogens with zero attached hydrogens (tertiary/aromatic N) is 2. The Bertz CT molecular complexity index is 1060. The van der Waals surface area contributed by atoms with Gasteiger partial charge < -0.3 is 30.5 Å². The van der Waals surface area contributed by atoms with Crippen molar-refractivity contribution in [3.8, 4) is 5.75 Å². The smallest absolute Gasteiger partial charge is 0.255 e. The van der Waals surface area contributed by atoms with Crippen LogP contribution in [0.25, 0.3) is 0 Å². The minimum absolute atomic E-state index is 0.123. The minimum Gasteiger partial charge on any atom is -0.491 e. The predicted octanol–water partition coefficient (Wildman–Crippen LogP) is 2.47. The van der Waals surface area contributed by atoms with Crippen LogP contribution in [0.5, 0.6) is 5.75 Å². The number of para-hydroxylation sites is 1. The molecule has 3 atom stereocenters. The first-order valence-electron chi connectivity index (χ1n) is 15.4. The quantitative estimate of drug-likeness (QED) is 0.434. The van der Waals surface area contributed by atoms with E-state index < -0.39 is 29.8 Å². The Morgan fingerprint density at radius 2 is 1.78 bits per heavy atom. The maximum absolute atomic E-state index is 13.6. The summed E-state index contributed by atoms with van der Waals surface area (Å²) in [5.41, 5.74) is 0.289. The van der Waals surface area contributed by atoms with Crippen LogP contribution in [0.4, 0.5) is 0 Å². The standard InChI is InChI=1S/C31H47N5O5/c1-22(2)19-26-31(40)36-18-9-11-23(36)21-41-27-13-6-5-12-24(27)29(38)34-25(20-28(37)33-26)30(39)32-14-10-17-35-15-7-3-4-8-16-35/h5-6,12-13,22-23,25-26H,3-4,7-11,14-21H2,1-2H3,(H,32,39)(H,33,37)(H,34,38)/t23-,25+,26+/m1/s1. The van der Waals surface area contributed by atoms with E-state index in [-0.39, 0.29) is 36.5 Å². The number of amides is 4. The number of rotatable bonds is 7. The monoisotopic (exact) mass is 569 g/mol. The van der Waals surface area contributed by atoms with Gasteiger partial charge >= 0.3 is 0 Å². The van der Waals surface area contributed by atoms with Crippen LogP contribution < -0.4 is 20.7 Å². The number of hydrogen-bond acceptors (Lipinski definition) is 6. The molecule has 0 aromatic heterocycles. The summed E-state index contributed by atoms with van der Waals surface area (Å²) in [4.78, 5) is 57.8. The van der Waals surface area contributed by atoms with Crippen LogP contribution >= 0.6 is 0 Å². The summed E-state index contributed by atoms with van der Waals surface area (Å²) in [5.74, 6) is -0.890. The maximum Gasteiger partial charge on any atom is 0.255 e. The Hall–Kier alpha value is -3.14. The van der Waals surface area contributed by atoms with Crippen molar-refractivity contribution in [3.63, 3.8) is 0 Å². The molecule has 10 heteroatoms. The van der Waals surface area contributed by atoms with E-state index in [1.165, 1.54) is 25.7 Å². The third-order valence-corrected chi connectivity index (χ3v) is 8.22. The maximum atomic E-state index is 13.6. The molecule has 4 rings (SSSR count). The number of ether oxygens (including phenoxy) is 1. The molecule has 1 aromatic carbocycles. The van der Waals surface area contributed by atoms with Crippen molar-refractivity contribution in [1.29, 1.82) is 0 Å². The molecule has 3 heterocycles. The SMILES string of the molecule is CC(C)C[C@@H]1NC(=O)C[C@@H](C(=O)NCCCN2CCCCCC2)NC(=O)c2ccccc2OC[C@H]2CCCN2C1=O. The number of nitrogens with one attached hydrogen (secondary N) is 3. The van der Waals surface area contributed by atoms with Crippen LogP contribution in [0.1, 0.15) is 82.0 Å². The van der Waals surface area contributed by atoms with Crippen molar-refractivity contribution < 1.29 is 23.9 Å². The Labute approximate surface area is 243 Å². The Morgan fingerprint density at radius 1 is 1.02 bits per heavy atom. The van der Waals surface area contributed by atoms with Crippen molar-refractivity contribution in [2.75, 3.05) is 39.3 Å². The topological polar surface area (TPSA) is 120 Å². The molecule has 3 N–H and O–H groups in total. The molecule has 0 unspecified atom stereocenters. The van der Waals surface area contributed by atoms with Gasteiger partial charge in [-0.3, -0.25) is 19.2 Å². The molecular formula is C31H47N5O5. The molecule has 3 aliphatic heterocycles. The fraction of sp³-hybridized carbons (Fsp3) is 0.677. The van der Waals surface area contributed by atoms with E-state index in [0.29, 0.717) is 25.3 Å². The second-order valence-electron chi connectivity index (χ2n) is 12.0. The Balaban J connectivity index is 1.49. The molecule has 226 valence electrons. The molecule has 10 nitrogen and oxygen atoms in total. The van der Waals surface area contributed by atoms with E-state index >= 15 is 0 Å². The van der Waals surface area contributed by atoms with Gasteiger partial charge in [-0.2, -0.15) is 0 Å². The van der Waals surface area contributed by atoms with Gasteiger partial charge in [-0.05, 0) is 76.2 Å². The number of fused-ring (bicyclic) bond motifs is 2. The average molecular weight is 570 g/mol. The molecule has 1 aromatic rings. The van der Waals surface area contributed by atoms with Crippen molar-refractivity contribution in [1.82, 2.24) is 25.8 Å². The molecule has 2 saturated heterocycles. The molecular weight excluding hydrogens is 522 g/mol. The fourth-order valence-electron chi connectivity index (χ4n) is 6.04. The number of hydrogen-bond donors (Lipinski definition) is 3. The average Bonchev–Trinajstić information content (AvgIpc) is 3.26. The van der Waals surface area contributed by atoms with Crippen LogP contribution in [-0.2, 0) is 14.4 Å². The van der Waals surface area contributed by atoms with Gasteiger partial charge in [0.15, 0.2) is 0 Å². The Morgan fingerprint density at radius 3 is 2.54 bits per heavy atom. The van der Waals surface area contributed by atoms with Crippen LogP contribution in [0.15, 0.2) is 24.3 Å². The predicted molar refractivity (Wildman–Crippen MR) is 156 cm³/mol. The number of benzene rings is 1. The molecule has 0 radical (unpaired) electrons. The van der Waals surface area contributed by atoms with Crippen LogP contribution in [0.2, 0.25) is 0 Å². The zero-order chi connectivity index (χ0) is 29.2. The molecule has 0 bridgehead atoms.